The SMILES string of the molecule is Cc1ccc(CCC(=O)NCc2ccccc2S(=O)(=O)N(C)C)c(C)c1. The topological polar surface area (TPSA) is 66.5 Å². The number of aryl methyl sites for hydroxylation is 3. The van der Waals surface area contributed by atoms with Gasteiger partial charge >= 0.3 is 0 Å². The van der Waals surface area contributed by atoms with Gasteiger partial charge < -0.3 is 5.32 Å². The number of nitrogens with zero attached hydrogens (tertiary/aromatic N) is 1. The van der Waals surface area contributed by atoms with Crippen LogP contribution in [0.1, 0.15) is 28.7 Å². The zero-order chi connectivity index (χ0) is 19.3. The molecule has 1 N–H and O–H groups in total. The van der Waals surface area contributed by atoms with Gasteiger partial charge in [-0.3, -0.25) is 4.79 Å². The molecule has 0 unspecified atom stereocenters. The van der Waals surface area contributed by atoms with E-state index in [-0.39, 0.29) is 17.3 Å². The first-order chi connectivity index (χ1) is 12.2. The summed E-state index contributed by atoms with van der Waals surface area (Å²) in [4.78, 5) is 12.4. The van der Waals surface area contributed by atoms with Gasteiger partial charge in [0.15, 0.2) is 0 Å². The van der Waals surface area contributed by atoms with Crippen LogP contribution in [0.5, 0.6) is 0 Å². The summed E-state index contributed by atoms with van der Waals surface area (Å²) in [5, 5.41) is 2.83. The van der Waals surface area contributed by atoms with Gasteiger partial charge in [0.05, 0.1) is 4.90 Å². The molecule has 0 aliphatic heterocycles. The number of carbonyl (C=O) groups is 1. The summed E-state index contributed by atoms with van der Waals surface area (Å²) in [5.41, 5.74) is 4.12. The Hall–Kier alpha value is -2.18. The van der Waals surface area contributed by atoms with Gasteiger partial charge in [-0.1, -0.05) is 42.0 Å². The number of carbonyl (C=O) groups excluding carboxylic acids is 1. The average Bonchev–Trinajstić information content (AvgIpc) is 2.59. The third-order valence-electron chi connectivity index (χ3n) is 4.33. The largest absolute Gasteiger partial charge is 0.352 e. The Bertz CT molecular complexity index is 890. The molecule has 0 heterocycles. The van der Waals surface area contributed by atoms with Crippen molar-refractivity contribution in [3.05, 3.63) is 64.7 Å². The molecule has 0 radical (unpaired) electrons. The fourth-order valence-corrected chi connectivity index (χ4v) is 3.87. The molecule has 2 aromatic rings. The molecule has 0 atom stereocenters. The van der Waals surface area contributed by atoms with E-state index in [1.807, 2.05) is 19.9 Å². The fraction of sp³-hybridized carbons (Fsp3) is 0.350. The van der Waals surface area contributed by atoms with Gasteiger partial charge in [-0.15, -0.1) is 0 Å². The summed E-state index contributed by atoms with van der Waals surface area (Å²) in [7, 11) is -0.549. The number of rotatable bonds is 7. The molecule has 140 valence electrons. The lowest BCUT2D eigenvalue weighted by molar-refractivity contribution is -0.121. The van der Waals surface area contributed by atoms with E-state index in [4.69, 9.17) is 0 Å². The Morgan fingerprint density at radius 2 is 1.73 bits per heavy atom. The standard InChI is InChI=1S/C20H26N2O3S/c1-15-9-10-17(16(2)13-15)11-12-20(23)21-14-18-7-5-6-8-19(18)26(24,25)22(3)4/h5-10,13H,11-12,14H2,1-4H3,(H,21,23). The van der Waals surface area contributed by atoms with Gasteiger partial charge in [0.1, 0.15) is 0 Å². The van der Waals surface area contributed by atoms with Crippen molar-refractivity contribution in [2.75, 3.05) is 14.1 Å². The molecule has 0 fully saturated rings. The van der Waals surface area contributed by atoms with Crippen LogP contribution in [-0.2, 0) is 27.8 Å². The molecule has 0 aliphatic carbocycles. The predicted octanol–water partition coefficient (Wildman–Crippen LogP) is 2.80. The average molecular weight is 375 g/mol. The van der Waals surface area contributed by atoms with Crippen molar-refractivity contribution in [2.24, 2.45) is 0 Å². The minimum atomic E-state index is -3.54. The maximum Gasteiger partial charge on any atom is 0.242 e. The van der Waals surface area contributed by atoms with Crippen LogP contribution in [0.2, 0.25) is 0 Å². The van der Waals surface area contributed by atoms with Crippen molar-refractivity contribution < 1.29 is 13.2 Å². The maximum absolute atomic E-state index is 12.4. The van der Waals surface area contributed by atoms with Crippen LogP contribution in [0.4, 0.5) is 0 Å². The monoisotopic (exact) mass is 374 g/mol. The molecule has 0 aliphatic rings. The molecule has 0 spiro atoms. The van der Waals surface area contributed by atoms with Gasteiger partial charge in [-0.2, -0.15) is 0 Å². The van der Waals surface area contributed by atoms with Crippen molar-refractivity contribution in [1.82, 2.24) is 9.62 Å². The summed E-state index contributed by atoms with van der Waals surface area (Å²) in [6.07, 6.45) is 1.03. The number of hydrogen-bond donors (Lipinski definition) is 1. The molecule has 26 heavy (non-hydrogen) atoms. The third-order valence-corrected chi connectivity index (χ3v) is 6.24. The predicted molar refractivity (Wildman–Crippen MR) is 103 cm³/mol. The first-order valence-electron chi connectivity index (χ1n) is 8.55. The van der Waals surface area contributed by atoms with E-state index in [0.29, 0.717) is 18.4 Å². The first kappa shape index (κ1) is 20.1. The van der Waals surface area contributed by atoms with Gasteiger partial charge in [-0.25, -0.2) is 12.7 Å². The second-order valence-corrected chi connectivity index (χ2v) is 8.72. The summed E-state index contributed by atoms with van der Waals surface area (Å²) in [6.45, 7) is 4.28. The van der Waals surface area contributed by atoms with Crippen molar-refractivity contribution in [1.29, 1.82) is 0 Å². The second kappa shape index (κ2) is 8.47. The van der Waals surface area contributed by atoms with Crippen LogP contribution in [0.3, 0.4) is 0 Å². The lowest BCUT2D eigenvalue weighted by Crippen LogP contribution is -2.27. The number of amides is 1. The summed E-state index contributed by atoms with van der Waals surface area (Å²) < 4.78 is 25.9. The van der Waals surface area contributed by atoms with Crippen molar-refractivity contribution in [3.8, 4) is 0 Å². The Morgan fingerprint density at radius 1 is 1.04 bits per heavy atom. The maximum atomic E-state index is 12.4. The molecule has 5 nitrogen and oxygen atoms in total. The van der Waals surface area contributed by atoms with E-state index < -0.39 is 10.0 Å². The van der Waals surface area contributed by atoms with Crippen LogP contribution >= 0.6 is 0 Å². The number of hydrogen-bond acceptors (Lipinski definition) is 3. The highest BCUT2D eigenvalue weighted by Gasteiger charge is 2.20. The van der Waals surface area contributed by atoms with E-state index in [2.05, 4.69) is 17.4 Å². The summed E-state index contributed by atoms with van der Waals surface area (Å²) in [6, 6.07) is 12.9. The molecule has 0 saturated heterocycles. The van der Waals surface area contributed by atoms with Gasteiger partial charge in [0.2, 0.25) is 15.9 Å². The molecule has 0 saturated carbocycles. The number of benzene rings is 2. The lowest BCUT2D eigenvalue weighted by atomic mass is 10.0. The molecule has 2 aromatic carbocycles. The fourth-order valence-electron chi connectivity index (χ4n) is 2.75. The molecular weight excluding hydrogens is 348 g/mol. The number of sulfonamides is 1. The minimum absolute atomic E-state index is 0.0953. The highest BCUT2D eigenvalue weighted by molar-refractivity contribution is 7.89. The minimum Gasteiger partial charge on any atom is -0.352 e. The van der Waals surface area contributed by atoms with Crippen LogP contribution in [0.15, 0.2) is 47.4 Å². The Kier molecular flexibility index (Phi) is 6.56. The van der Waals surface area contributed by atoms with Crippen molar-refractivity contribution >= 4 is 15.9 Å². The normalized spacial score (nSPS) is 11.6. The second-order valence-electron chi connectivity index (χ2n) is 6.60. The van der Waals surface area contributed by atoms with Crippen LogP contribution in [0.25, 0.3) is 0 Å². The highest BCUT2D eigenvalue weighted by Crippen LogP contribution is 2.18. The number of nitrogens with one attached hydrogen (secondary N) is 1. The van der Waals surface area contributed by atoms with E-state index in [0.717, 1.165) is 5.56 Å². The Morgan fingerprint density at radius 3 is 2.38 bits per heavy atom. The van der Waals surface area contributed by atoms with Crippen molar-refractivity contribution in [2.45, 2.75) is 38.1 Å². The van der Waals surface area contributed by atoms with Crippen LogP contribution in [0, 0.1) is 13.8 Å². The molecule has 1 amide bonds. The van der Waals surface area contributed by atoms with E-state index in [9.17, 15) is 13.2 Å². The molecule has 0 bridgehead atoms. The molecule has 6 heteroatoms. The Balaban J connectivity index is 2.00. The highest BCUT2D eigenvalue weighted by atomic mass is 32.2. The molecule has 0 aromatic heterocycles. The summed E-state index contributed by atoms with van der Waals surface area (Å²) >= 11 is 0. The van der Waals surface area contributed by atoms with E-state index in [1.54, 1.807) is 24.3 Å². The van der Waals surface area contributed by atoms with Gasteiger partial charge in [0.25, 0.3) is 0 Å². The van der Waals surface area contributed by atoms with E-state index >= 15 is 0 Å². The smallest absolute Gasteiger partial charge is 0.242 e. The molecular formula is C20H26N2O3S. The van der Waals surface area contributed by atoms with Gasteiger partial charge in [-0.05, 0) is 43.0 Å². The lowest BCUT2D eigenvalue weighted by Gasteiger charge is -2.15. The van der Waals surface area contributed by atoms with Gasteiger partial charge in [0, 0.05) is 27.1 Å². The van der Waals surface area contributed by atoms with E-state index in [1.165, 1.54) is 29.5 Å². The van der Waals surface area contributed by atoms with Crippen LogP contribution < -0.4 is 5.32 Å². The Labute approximate surface area is 156 Å². The quantitative estimate of drug-likeness (QED) is 0.810. The zero-order valence-electron chi connectivity index (χ0n) is 15.7. The summed E-state index contributed by atoms with van der Waals surface area (Å²) in [5.74, 6) is -0.0953. The zero-order valence-corrected chi connectivity index (χ0v) is 16.6. The molecule has 2 rings (SSSR count). The first-order valence-corrected chi connectivity index (χ1v) is 9.99. The van der Waals surface area contributed by atoms with Crippen molar-refractivity contribution in [3.63, 3.8) is 0 Å². The van der Waals surface area contributed by atoms with Crippen LogP contribution in [-0.4, -0.2) is 32.7 Å². The third kappa shape index (κ3) is 4.93.